The Kier molecular flexibility index (Phi) is 3.92. The Morgan fingerprint density at radius 1 is 1.29 bits per heavy atom. The van der Waals surface area contributed by atoms with Crippen LogP contribution in [0.1, 0.15) is 38.8 Å². The first-order valence-electron chi connectivity index (χ1n) is 5.73. The third-order valence-electron chi connectivity index (χ3n) is 3.32. The van der Waals surface area contributed by atoms with Gasteiger partial charge in [-0.15, -0.1) is 0 Å². The van der Waals surface area contributed by atoms with Gasteiger partial charge in [-0.1, -0.05) is 12.1 Å². The molecular formula is C14H20N2O. The smallest absolute Gasteiger partial charge is 0.0991 e. The lowest BCUT2D eigenvalue weighted by molar-refractivity contribution is -0.00531. The number of hydrogen-bond acceptors (Lipinski definition) is 3. The zero-order chi connectivity index (χ0) is 13.1. The molecular weight excluding hydrogens is 212 g/mol. The molecule has 0 radical (unpaired) electrons. The van der Waals surface area contributed by atoms with Crippen LogP contribution in [0.2, 0.25) is 0 Å². The first-order chi connectivity index (χ1) is 7.76. The lowest BCUT2D eigenvalue weighted by Crippen LogP contribution is -2.55. The third kappa shape index (κ3) is 3.55. The van der Waals surface area contributed by atoms with Crippen molar-refractivity contribution >= 4 is 0 Å². The van der Waals surface area contributed by atoms with Gasteiger partial charge >= 0.3 is 0 Å². The van der Waals surface area contributed by atoms with Crippen LogP contribution in [0, 0.1) is 11.3 Å². The maximum Gasteiger partial charge on any atom is 0.0991 e. The topological polar surface area (TPSA) is 56.0 Å². The summed E-state index contributed by atoms with van der Waals surface area (Å²) >= 11 is 0. The molecule has 92 valence electrons. The minimum atomic E-state index is -0.806. The summed E-state index contributed by atoms with van der Waals surface area (Å²) in [5, 5.41) is 22.1. The SMILES string of the molecule is CC(C)(O)C(C)(C)NCc1cccc(C#N)c1. The summed E-state index contributed by atoms with van der Waals surface area (Å²) in [4.78, 5) is 0. The highest BCUT2D eigenvalue weighted by molar-refractivity contribution is 5.32. The molecule has 0 amide bonds. The van der Waals surface area contributed by atoms with Crippen molar-refractivity contribution in [1.82, 2.24) is 5.32 Å². The van der Waals surface area contributed by atoms with E-state index in [1.807, 2.05) is 32.0 Å². The molecule has 0 aliphatic carbocycles. The van der Waals surface area contributed by atoms with Gasteiger partial charge in [-0.05, 0) is 45.4 Å². The van der Waals surface area contributed by atoms with Gasteiger partial charge in [-0.25, -0.2) is 0 Å². The molecule has 1 aromatic carbocycles. The Morgan fingerprint density at radius 3 is 2.47 bits per heavy atom. The van der Waals surface area contributed by atoms with E-state index in [2.05, 4.69) is 11.4 Å². The number of rotatable bonds is 4. The summed E-state index contributed by atoms with van der Waals surface area (Å²) in [5.41, 5.74) is 0.502. The van der Waals surface area contributed by atoms with Gasteiger partial charge in [-0.3, -0.25) is 0 Å². The summed E-state index contributed by atoms with van der Waals surface area (Å²) in [7, 11) is 0. The van der Waals surface area contributed by atoms with Crippen molar-refractivity contribution in [2.45, 2.75) is 45.4 Å². The standard InChI is InChI=1S/C14H20N2O/c1-13(2,14(3,4)17)16-10-12-7-5-6-11(8-12)9-15/h5-8,16-17H,10H2,1-4H3. The molecule has 0 spiro atoms. The molecule has 3 heteroatoms. The van der Waals surface area contributed by atoms with Gasteiger partial charge in [0.25, 0.3) is 0 Å². The Morgan fingerprint density at radius 2 is 1.94 bits per heavy atom. The van der Waals surface area contributed by atoms with E-state index < -0.39 is 11.1 Å². The van der Waals surface area contributed by atoms with E-state index in [0.29, 0.717) is 12.1 Å². The maximum atomic E-state index is 10.0. The van der Waals surface area contributed by atoms with Gasteiger partial charge in [0.15, 0.2) is 0 Å². The van der Waals surface area contributed by atoms with Crippen molar-refractivity contribution in [2.24, 2.45) is 0 Å². The van der Waals surface area contributed by atoms with Gasteiger partial charge in [0, 0.05) is 12.1 Å². The van der Waals surface area contributed by atoms with Crippen molar-refractivity contribution in [3.8, 4) is 6.07 Å². The first kappa shape index (κ1) is 13.7. The number of nitrogens with zero attached hydrogens (tertiary/aromatic N) is 1. The van der Waals surface area contributed by atoms with E-state index in [1.165, 1.54) is 0 Å². The lowest BCUT2D eigenvalue weighted by Gasteiger charge is -2.38. The van der Waals surface area contributed by atoms with E-state index in [9.17, 15) is 5.11 Å². The van der Waals surface area contributed by atoms with Gasteiger partial charge in [0.2, 0.25) is 0 Å². The fraction of sp³-hybridized carbons (Fsp3) is 0.500. The van der Waals surface area contributed by atoms with Crippen LogP contribution < -0.4 is 5.32 Å². The molecule has 0 fully saturated rings. The predicted octanol–water partition coefficient (Wildman–Crippen LogP) is 2.20. The van der Waals surface area contributed by atoms with Crippen molar-refractivity contribution in [2.75, 3.05) is 0 Å². The van der Waals surface area contributed by atoms with Crippen LogP contribution in [0.15, 0.2) is 24.3 Å². The average Bonchev–Trinajstić information content (AvgIpc) is 2.25. The Hall–Kier alpha value is -1.37. The molecule has 2 N–H and O–H groups in total. The summed E-state index contributed by atoms with van der Waals surface area (Å²) < 4.78 is 0. The van der Waals surface area contributed by atoms with Crippen LogP contribution in [0.25, 0.3) is 0 Å². The zero-order valence-electron chi connectivity index (χ0n) is 10.9. The second-order valence-corrected chi connectivity index (χ2v) is 5.35. The molecule has 0 aliphatic rings. The minimum absolute atomic E-state index is 0.393. The monoisotopic (exact) mass is 232 g/mol. The molecule has 0 saturated carbocycles. The van der Waals surface area contributed by atoms with E-state index in [1.54, 1.807) is 19.9 Å². The number of benzene rings is 1. The van der Waals surface area contributed by atoms with Crippen molar-refractivity contribution in [3.05, 3.63) is 35.4 Å². The first-order valence-corrected chi connectivity index (χ1v) is 5.73. The Bertz CT molecular complexity index is 425. The molecule has 1 aromatic rings. The number of hydrogen-bond donors (Lipinski definition) is 2. The van der Waals surface area contributed by atoms with Gasteiger partial charge in [0.1, 0.15) is 0 Å². The van der Waals surface area contributed by atoms with E-state index in [0.717, 1.165) is 5.56 Å². The number of nitriles is 1. The van der Waals surface area contributed by atoms with Crippen LogP contribution in [-0.4, -0.2) is 16.2 Å². The summed E-state index contributed by atoms with van der Waals surface area (Å²) in [6.45, 7) is 8.12. The molecule has 1 rings (SSSR count). The second-order valence-electron chi connectivity index (χ2n) is 5.35. The van der Waals surface area contributed by atoms with E-state index in [-0.39, 0.29) is 0 Å². The van der Waals surface area contributed by atoms with Crippen LogP contribution in [0.5, 0.6) is 0 Å². The molecule has 0 bridgehead atoms. The van der Waals surface area contributed by atoms with Gasteiger partial charge in [0.05, 0.1) is 17.2 Å². The fourth-order valence-corrected chi connectivity index (χ4v) is 1.29. The van der Waals surface area contributed by atoms with Crippen LogP contribution >= 0.6 is 0 Å². The van der Waals surface area contributed by atoms with Gasteiger partial charge in [-0.2, -0.15) is 5.26 Å². The summed E-state index contributed by atoms with van der Waals surface area (Å²) in [6.07, 6.45) is 0. The van der Waals surface area contributed by atoms with Crippen LogP contribution in [0.4, 0.5) is 0 Å². The fourth-order valence-electron chi connectivity index (χ4n) is 1.29. The van der Waals surface area contributed by atoms with Crippen molar-refractivity contribution in [1.29, 1.82) is 5.26 Å². The average molecular weight is 232 g/mol. The van der Waals surface area contributed by atoms with Gasteiger partial charge < -0.3 is 10.4 Å². The second kappa shape index (κ2) is 4.87. The normalized spacial score (nSPS) is 12.2. The largest absolute Gasteiger partial charge is 0.389 e. The molecule has 17 heavy (non-hydrogen) atoms. The highest BCUT2D eigenvalue weighted by Gasteiger charge is 2.34. The van der Waals surface area contributed by atoms with Crippen LogP contribution in [-0.2, 0) is 6.54 Å². The number of nitrogens with one attached hydrogen (secondary N) is 1. The molecule has 0 unspecified atom stereocenters. The molecule has 0 aliphatic heterocycles. The third-order valence-corrected chi connectivity index (χ3v) is 3.32. The minimum Gasteiger partial charge on any atom is -0.389 e. The molecule has 0 heterocycles. The maximum absolute atomic E-state index is 10.0. The van der Waals surface area contributed by atoms with E-state index in [4.69, 9.17) is 5.26 Å². The Balaban J connectivity index is 2.71. The van der Waals surface area contributed by atoms with Crippen molar-refractivity contribution in [3.63, 3.8) is 0 Å². The quantitative estimate of drug-likeness (QED) is 0.836. The highest BCUT2D eigenvalue weighted by atomic mass is 16.3. The summed E-state index contributed by atoms with van der Waals surface area (Å²) in [5.74, 6) is 0. The predicted molar refractivity (Wildman–Crippen MR) is 68.4 cm³/mol. The lowest BCUT2D eigenvalue weighted by atomic mass is 9.86. The summed E-state index contributed by atoms with van der Waals surface area (Å²) in [6, 6.07) is 9.59. The molecule has 0 aromatic heterocycles. The van der Waals surface area contributed by atoms with Crippen LogP contribution in [0.3, 0.4) is 0 Å². The van der Waals surface area contributed by atoms with E-state index >= 15 is 0 Å². The molecule has 3 nitrogen and oxygen atoms in total. The zero-order valence-corrected chi connectivity index (χ0v) is 10.9. The van der Waals surface area contributed by atoms with Crippen molar-refractivity contribution < 1.29 is 5.11 Å². The number of aliphatic hydroxyl groups is 1. The Labute approximate surface area is 103 Å². The molecule has 0 atom stereocenters. The molecule has 0 saturated heterocycles. The highest BCUT2D eigenvalue weighted by Crippen LogP contribution is 2.21.